The Kier molecular flexibility index (Phi) is 5.11. The Bertz CT molecular complexity index is 1410. The Morgan fingerprint density at radius 2 is 1.74 bits per heavy atom. The average molecular weight is 529 g/mol. The maximum Gasteiger partial charge on any atom is 0.340 e. The summed E-state index contributed by atoms with van der Waals surface area (Å²) in [6, 6.07) is 23.1. The zero-order chi connectivity index (χ0) is 24.3. The van der Waals surface area contributed by atoms with Crippen molar-refractivity contribution in [3.63, 3.8) is 0 Å². The molecule has 6 rings (SSSR count). The lowest BCUT2D eigenvalue weighted by Gasteiger charge is -2.40. The second-order valence-corrected chi connectivity index (χ2v) is 11.1. The molecular formula is C29H25BrN2O3. The number of fused-ring (bicyclic) bond motifs is 2. The summed E-state index contributed by atoms with van der Waals surface area (Å²) >= 11 is 3.62. The third-order valence-electron chi connectivity index (χ3n) is 7.02. The van der Waals surface area contributed by atoms with Gasteiger partial charge >= 0.3 is 5.97 Å². The molecule has 2 aliphatic heterocycles. The number of Topliss-reactive ketones (excluding diaryl/α,β-unsaturated/α-hetero) is 1. The Balaban J connectivity index is 1.65. The lowest BCUT2D eigenvalue weighted by atomic mass is 9.73. The van der Waals surface area contributed by atoms with Crippen molar-refractivity contribution in [3.05, 3.63) is 105 Å². The lowest BCUT2D eigenvalue weighted by Crippen LogP contribution is -2.38. The van der Waals surface area contributed by atoms with E-state index >= 15 is 0 Å². The number of carbonyl (C=O) groups excluding carboxylic acids is 2. The normalized spacial score (nSPS) is 22.5. The van der Waals surface area contributed by atoms with Crippen LogP contribution in [0, 0.1) is 5.41 Å². The van der Waals surface area contributed by atoms with E-state index in [4.69, 9.17) is 4.74 Å². The van der Waals surface area contributed by atoms with Crippen molar-refractivity contribution in [1.82, 2.24) is 0 Å². The van der Waals surface area contributed by atoms with Gasteiger partial charge in [0.2, 0.25) is 6.23 Å². The first-order chi connectivity index (χ1) is 16.8. The summed E-state index contributed by atoms with van der Waals surface area (Å²) in [7, 11) is 0. The van der Waals surface area contributed by atoms with Gasteiger partial charge in [0.05, 0.1) is 23.0 Å². The molecule has 3 aliphatic rings. The highest BCUT2D eigenvalue weighted by Gasteiger charge is 2.46. The topological polar surface area (TPSA) is 58.6 Å². The minimum atomic E-state index is -0.666. The van der Waals surface area contributed by atoms with E-state index in [1.54, 1.807) is 6.07 Å². The lowest BCUT2D eigenvalue weighted by molar-refractivity contribution is -0.118. The second kappa shape index (κ2) is 8.09. The van der Waals surface area contributed by atoms with Crippen LogP contribution in [0.4, 0.5) is 11.4 Å². The van der Waals surface area contributed by atoms with E-state index in [-0.39, 0.29) is 17.2 Å². The van der Waals surface area contributed by atoms with Gasteiger partial charge in [-0.1, -0.05) is 72.2 Å². The molecular weight excluding hydrogens is 504 g/mol. The molecule has 1 N–H and O–H groups in total. The fourth-order valence-electron chi connectivity index (χ4n) is 5.61. The summed E-state index contributed by atoms with van der Waals surface area (Å²) < 4.78 is 6.96. The fraction of sp³-hybridized carbons (Fsp3) is 0.241. The number of hydrogen-bond acceptors (Lipinski definition) is 5. The maximum atomic E-state index is 13.8. The molecule has 2 unspecified atom stereocenters. The van der Waals surface area contributed by atoms with E-state index in [2.05, 4.69) is 40.0 Å². The van der Waals surface area contributed by atoms with Crippen LogP contribution in [0.1, 0.15) is 60.4 Å². The largest absolute Gasteiger partial charge is 0.433 e. The summed E-state index contributed by atoms with van der Waals surface area (Å²) in [4.78, 5) is 28.8. The molecule has 5 nitrogen and oxygen atoms in total. The van der Waals surface area contributed by atoms with Gasteiger partial charge in [0.1, 0.15) is 0 Å². The Morgan fingerprint density at radius 1 is 0.971 bits per heavy atom. The van der Waals surface area contributed by atoms with Crippen LogP contribution in [0.15, 0.2) is 88.5 Å². The molecule has 0 saturated heterocycles. The molecule has 0 bridgehead atoms. The van der Waals surface area contributed by atoms with Crippen LogP contribution >= 0.6 is 15.9 Å². The molecule has 0 saturated carbocycles. The van der Waals surface area contributed by atoms with Crippen molar-refractivity contribution in [2.75, 3.05) is 10.2 Å². The summed E-state index contributed by atoms with van der Waals surface area (Å²) in [6.45, 7) is 4.27. The maximum absolute atomic E-state index is 13.8. The van der Waals surface area contributed by atoms with E-state index in [0.717, 1.165) is 44.7 Å². The Labute approximate surface area is 212 Å². The first-order valence-electron chi connectivity index (χ1n) is 11.8. The predicted octanol–water partition coefficient (Wildman–Crippen LogP) is 6.93. The number of ketones is 1. The van der Waals surface area contributed by atoms with Crippen molar-refractivity contribution in [1.29, 1.82) is 0 Å². The molecule has 35 heavy (non-hydrogen) atoms. The van der Waals surface area contributed by atoms with Crippen molar-refractivity contribution in [2.24, 2.45) is 5.41 Å². The number of para-hydroxylation sites is 2. The SMILES string of the molecule is CC1(C)CC(=O)C2=C(C1)Nc1ccccc1N(C1OC(=O)c3ccccc31)C2c1cccc(Br)c1. The number of nitrogens with zero attached hydrogens (tertiary/aromatic N) is 1. The van der Waals surface area contributed by atoms with Crippen molar-refractivity contribution >= 4 is 39.1 Å². The fourth-order valence-corrected chi connectivity index (χ4v) is 6.02. The number of rotatable bonds is 2. The van der Waals surface area contributed by atoms with E-state index in [9.17, 15) is 9.59 Å². The van der Waals surface area contributed by atoms with Crippen LogP contribution in [0.2, 0.25) is 0 Å². The molecule has 1 aliphatic carbocycles. The van der Waals surface area contributed by atoms with E-state index in [0.29, 0.717) is 12.0 Å². The average Bonchev–Trinajstić information content (AvgIpc) is 3.06. The molecule has 3 aromatic carbocycles. The molecule has 0 aromatic heterocycles. The van der Waals surface area contributed by atoms with Gasteiger partial charge in [0, 0.05) is 27.7 Å². The van der Waals surface area contributed by atoms with E-state index < -0.39 is 12.3 Å². The third kappa shape index (κ3) is 3.67. The summed E-state index contributed by atoms with van der Waals surface area (Å²) in [5.74, 6) is -0.234. The van der Waals surface area contributed by atoms with Crippen molar-refractivity contribution < 1.29 is 14.3 Å². The quantitative estimate of drug-likeness (QED) is 0.365. The van der Waals surface area contributed by atoms with E-state index in [1.807, 2.05) is 66.7 Å². The van der Waals surface area contributed by atoms with E-state index in [1.165, 1.54) is 0 Å². The predicted molar refractivity (Wildman–Crippen MR) is 139 cm³/mol. The number of anilines is 2. The number of benzene rings is 3. The van der Waals surface area contributed by atoms with Crippen LogP contribution in [0.3, 0.4) is 0 Å². The summed E-state index contributed by atoms with van der Waals surface area (Å²) in [6.07, 6.45) is 0.547. The highest BCUT2D eigenvalue weighted by molar-refractivity contribution is 9.10. The number of halogens is 1. The number of nitrogens with one attached hydrogen (secondary N) is 1. The summed E-state index contributed by atoms with van der Waals surface area (Å²) in [5, 5.41) is 3.62. The molecule has 2 atom stereocenters. The molecule has 6 heteroatoms. The van der Waals surface area contributed by atoms with Gasteiger partial charge in [0.25, 0.3) is 0 Å². The minimum Gasteiger partial charge on any atom is -0.433 e. The smallest absolute Gasteiger partial charge is 0.340 e. The minimum absolute atomic E-state index is 0.115. The molecule has 0 radical (unpaired) electrons. The van der Waals surface area contributed by atoms with Crippen LogP contribution in [-0.2, 0) is 9.53 Å². The Morgan fingerprint density at radius 3 is 2.57 bits per heavy atom. The zero-order valence-corrected chi connectivity index (χ0v) is 21.1. The van der Waals surface area contributed by atoms with Crippen LogP contribution in [0.5, 0.6) is 0 Å². The molecule has 0 amide bonds. The molecule has 0 fully saturated rings. The monoisotopic (exact) mass is 528 g/mol. The zero-order valence-electron chi connectivity index (χ0n) is 19.5. The second-order valence-electron chi connectivity index (χ2n) is 10.2. The van der Waals surface area contributed by atoms with Gasteiger partial charge in [-0.3, -0.25) is 4.79 Å². The van der Waals surface area contributed by atoms with Gasteiger partial charge in [-0.2, -0.15) is 0 Å². The summed E-state index contributed by atoms with van der Waals surface area (Å²) in [5.41, 5.74) is 5.61. The first-order valence-corrected chi connectivity index (χ1v) is 12.6. The molecule has 0 spiro atoms. The van der Waals surface area contributed by atoms with Crippen LogP contribution in [-0.4, -0.2) is 11.8 Å². The van der Waals surface area contributed by atoms with Gasteiger partial charge < -0.3 is 15.0 Å². The number of carbonyl (C=O) groups is 2. The Hall–Kier alpha value is -3.38. The standard InChI is InChI=1S/C29H25BrN2O3/c1-29(2)15-22-25(24(33)16-29)26(17-8-7-9-18(30)14-17)32(23-13-6-5-12-21(23)31-22)27-19-10-3-4-11-20(19)28(34)35-27/h3-14,26-27,31H,15-16H2,1-2H3. The molecule has 2 heterocycles. The van der Waals surface area contributed by atoms with Gasteiger partial charge in [-0.25, -0.2) is 4.79 Å². The van der Waals surface area contributed by atoms with Gasteiger partial charge in [0.15, 0.2) is 5.78 Å². The van der Waals surface area contributed by atoms with Crippen molar-refractivity contribution in [2.45, 2.75) is 39.0 Å². The molecule has 3 aromatic rings. The first kappa shape index (κ1) is 22.1. The number of esters is 1. The van der Waals surface area contributed by atoms with Crippen molar-refractivity contribution in [3.8, 4) is 0 Å². The number of allylic oxidation sites excluding steroid dienone is 1. The third-order valence-corrected chi connectivity index (χ3v) is 7.52. The van der Waals surface area contributed by atoms with Crippen LogP contribution in [0.25, 0.3) is 0 Å². The van der Waals surface area contributed by atoms with Gasteiger partial charge in [-0.05, 0) is 47.7 Å². The highest BCUT2D eigenvalue weighted by atomic mass is 79.9. The molecule has 176 valence electrons. The number of hydrogen-bond donors (Lipinski definition) is 1. The number of cyclic esters (lactones) is 1. The van der Waals surface area contributed by atoms with Gasteiger partial charge in [-0.15, -0.1) is 0 Å². The van der Waals surface area contributed by atoms with Crippen LogP contribution < -0.4 is 10.2 Å². The number of ether oxygens (including phenoxy) is 1. The highest BCUT2D eigenvalue weighted by Crippen LogP contribution is 2.52.